The summed E-state index contributed by atoms with van der Waals surface area (Å²) < 4.78 is 4.51. The maximum Gasteiger partial charge on any atom is 0.307 e. The Morgan fingerprint density at radius 2 is 2.14 bits per heavy atom. The largest absolute Gasteiger partial charge is 0.469 e. The lowest BCUT2D eigenvalue weighted by molar-refractivity contribution is -0.140. The van der Waals surface area contributed by atoms with Crippen molar-refractivity contribution in [3.05, 3.63) is 34.9 Å². The van der Waals surface area contributed by atoms with Gasteiger partial charge in [-0.1, -0.05) is 23.5 Å². The molecule has 1 rings (SSSR count). The molecule has 0 fully saturated rings. The number of aliphatic hydroxyl groups excluding tert-OH is 1. The minimum Gasteiger partial charge on any atom is -0.469 e. The number of carbonyl (C=O) groups excluding carboxylic acids is 2. The lowest BCUT2D eigenvalue weighted by Crippen LogP contribution is -2.27. The van der Waals surface area contributed by atoms with Gasteiger partial charge in [-0.15, -0.1) is 0 Å². The summed E-state index contributed by atoms with van der Waals surface area (Å²) in [5, 5.41) is 11.4. The standard InChI is InChI=1S/C16H19NO4/c1-12-6-7-13(5-3-4-10-18)14(11-12)16(20)17-9-8-15(19)21-2/h6-7,11,18H,4,8-10H2,1-2H3,(H,17,20). The molecule has 0 saturated carbocycles. The number of benzene rings is 1. The molecular weight excluding hydrogens is 270 g/mol. The fraction of sp³-hybridized carbons (Fsp3) is 0.375. The van der Waals surface area contributed by atoms with E-state index < -0.39 is 0 Å². The molecule has 0 aromatic heterocycles. The first-order valence-corrected chi connectivity index (χ1v) is 6.64. The molecule has 1 aromatic rings. The number of hydrogen-bond acceptors (Lipinski definition) is 4. The van der Waals surface area contributed by atoms with E-state index in [0.717, 1.165) is 5.56 Å². The number of esters is 1. The Balaban J connectivity index is 2.80. The number of ether oxygens (including phenoxy) is 1. The van der Waals surface area contributed by atoms with Crippen molar-refractivity contribution >= 4 is 11.9 Å². The van der Waals surface area contributed by atoms with Crippen LogP contribution in [0.15, 0.2) is 18.2 Å². The highest BCUT2D eigenvalue weighted by Crippen LogP contribution is 2.11. The van der Waals surface area contributed by atoms with Gasteiger partial charge in [0.1, 0.15) is 0 Å². The molecule has 0 unspecified atom stereocenters. The molecule has 1 amide bonds. The van der Waals surface area contributed by atoms with Crippen LogP contribution in [0.3, 0.4) is 0 Å². The normalized spacial score (nSPS) is 9.48. The zero-order valence-corrected chi connectivity index (χ0v) is 12.2. The van der Waals surface area contributed by atoms with Crippen molar-refractivity contribution in [2.45, 2.75) is 19.8 Å². The van der Waals surface area contributed by atoms with E-state index in [-0.39, 0.29) is 31.4 Å². The van der Waals surface area contributed by atoms with Gasteiger partial charge in [0, 0.05) is 18.5 Å². The molecule has 0 aliphatic rings. The van der Waals surface area contributed by atoms with Gasteiger partial charge in [-0.05, 0) is 19.1 Å². The van der Waals surface area contributed by atoms with Crippen LogP contribution in [0.5, 0.6) is 0 Å². The molecular formula is C16H19NO4. The van der Waals surface area contributed by atoms with E-state index in [0.29, 0.717) is 17.5 Å². The summed E-state index contributed by atoms with van der Waals surface area (Å²) in [5.41, 5.74) is 2.01. The number of rotatable bonds is 5. The maximum atomic E-state index is 12.1. The zero-order chi connectivity index (χ0) is 15.7. The van der Waals surface area contributed by atoms with E-state index in [2.05, 4.69) is 21.9 Å². The van der Waals surface area contributed by atoms with Crippen molar-refractivity contribution in [3.63, 3.8) is 0 Å². The second kappa shape index (κ2) is 8.77. The number of amides is 1. The first-order valence-electron chi connectivity index (χ1n) is 6.64. The van der Waals surface area contributed by atoms with E-state index in [9.17, 15) is 9.59 Å². The van der Waals surface area contributed by atoms with Crippen LogP contribution in [0.1, 0.15) is 34.3 Å². The van der Waals surface area contributed by atoms with Crippen LogP contribution in [0.4, 0.5) is 0 Å². The number of aliphatic hydroxyl groups is 1. The minimum absolute atomic E-state index is 0.0144. The van der Waals surface area contributed by atoms with E-state index in [1.54, 1.807) is 12.1 Å². The topological polar surface area (TPSA) is 75.6 Å². The number of hydrogen-bond donors (Lipinski definition) is 2. The summed E-state index contributed by atoms with van der Waals surface area (Å²) in [7, 11) is 1.31. The van der Waals surface area contributed by atoms with E-state index >= 15 is 0 Å². The summed E-state index contributed by atoms with van der Waals surface area (Å²) in [6.07, 6.45) is 0.483. The molecule has 0 spiro atoms. The van der Waals surface area contributed by atoms with Crippen molar-refractivity contribution in [1.29, 1.82) is 0 Å². The Hall–Kier alpha value is -2.32. The molecule has 0 atom stereocenters. The van der Waals surface area contributed by atoms with Gasteiger partial charge in [-0.2, -0.15) is 0 Å². The fourth-order valence-corrected chi connectivity index (χ4v) is 1.64. The van der Waals surface area contributed by atoms with Crippen molar-refractivity contribution in [2.75, 3.05) is 20.3 Å². The molecule has 0 heterocycles. The van der Waals surface area contributed by atoms with E-state index in [1.165, 1.54) is 7.11 Å². The SMILES string of the molecule is COC(=O)CCNC(=O)c1cc(C)ccc1C#CCCO. The Morgan fingerprint density at radius 1 is 1.38 bits per heavy atom. The van der Waals surface area contributed by atoms with Gasteiger partial charge in [-0.25, -0.2) is 0 Å². The van der Waals surface area contributed by atoms with Crippen molar-refractivity contribution < 1.29 is 19.4 Å². The summed E-state index contributed by atoms with van der Waals surface area (Å²) in [4.78, 5) is 23.1. The second-order valence-corrected chi connectivity index (χ2v) is 4.41. The van der Waals surface area contributed by atoms with E-state index in [4.69, 9.17) is 5.11 Å². The Bertz CT molecular complexity index is 569. The van der Waals surface area contributed by atoms with Gasteiger partial charge in [0.25, 0.3) is 5.91 Å². The van der Waals surface area contributed by atoms with Gasteiger partial charge in [0.2, 0.25) is 0 Å². The number of aryl methyl sites for hydroxylation is 1. The average Bonchev–Trinajstić information content (AvgIpc) is 2.48. The highest BCUT2D eigenvalue weighted by atomic mass is 16.5. The zero-order valence-electron chi connectivity index (χ0n) is 12.2. The predicted molar refractivity (Wildman–Crippen MR) is 78.7 cm³/mol. The Kier molecular flexibility index (Phi) is 6.99. The monoisotopic (exact) mass is 289 g/mol. The Labute approximate surface area is 124 Å². The first-order chi connectivity index (χ1) is 10.1. The van der Waals surface area contributed by atoms with Crippen molar-refractivity contribution in [1.82, 2.24) is 5.32 Å². The smallest absolute Gasteiger partial charge is 0.307 e. The van der Waals surface area contributed by atoms with Crippen LogP contribution in [-0.4, -0.2) is 37.2 Å². The first kappa shape index (κ1) is 16.7. The van der Waals surface area contributed by atoms with Gasteiger partial charge >= 0.3 is 5.97 Å². The van der Waals surface area contributed by atoms with Gasteiger partial charge in [-0.3, -0.25) is 9.59 Å². The number of carbonyl (C=O) groups is 2. The van der Waals surface area contributed by atoms with Gasteiger partial charge in [0.05, 0.1) is 25.7 Å². The molecule has 1 aromatic carbocycles. The predicted octanol–water partition coefficient (Wildman–Crippen LogP) is 1.02. The van der Waals surface area contributed by atoms with Crippen LogP contribution in [0.2, 0.25) is 0 Å². The van der Waals surface area contributed by atoms with Crippen LogP contribution in [0.25, 0.3) is 0 Å². The van der Waals surface area contributed by atoms with Gasteiger partial charge < -0.3 is 15.2 Å². The average molecular weight is 289 g/mol. The van der Waals surface area contributed by atoms with Crippen molar-refractivity contribution in [3.8, 4) is 11.8 Å². The molecule has 0 radical (unpaired) electrons. The molecule has 0 aliphatic heterocycles. The third-order valence-corrected chi connectivity index (χ3v) is 2.72. The molecule has 0 bridgehead atoms. The van der Waals surface area contributed by atoms with Crippen molar-refractivity contribution in [2.24, 2.45) is 0 Å². The van der Waals surface area contributed by atoms with Crippen LogP contribution < -0.4 is 5.32 Å². The molecule has 5 heteroatoms. The summed E-state index contributed by atoms with van der Waals surface area (Å²) in [5.74, 6) is 5.01. The molecule has 0 aliphatic carbocycles. The molecule has 21 heavy (non-hydrogen) atoms. The fourth-order valence-electron chi connectivity index (χ4n) is 1.64. The van der Waals surface area contributed by atoms with E-state index in [1.807, 2.05) is 13.0 Å². The molecule has 5 nitrogen and oxygen atoms in total. The maximum absolute atomic E-state index is 12.1. The minimum atomic E-state index is -0.373. The summed E-state index contributed by atoms with van der Waals surface area (Å²) in [6.45, 7) is 2.08. The highest BCUT2D eigenvalue weighted by Gasteiger charge is 2.11. The van der Waals surface area contributed by atoms with Crippen LogP contribution in [0, 0.1) is 18.8 Å². The third-order valence-electron chi connectivity index (χ3n) is 2.72. The van der Waals surface area contributed by atoms with Gasteiger partial charge in [0.15, 0.2) is 0 Å². The quantitative estimate of drug-likeness (QED) is 0.627. The lowest BCUT2D eigenvalue weighted by atomic mass is 10.0. The molecule has 0 saturated heterocycles. The number of nitrogens with one attached hydrogen (secondary N) is 1. The molecule has 112 valence electrons. The highest BCUT2D eigenvalue weighted by molar-refractivity contribution is 5.97. The lowest BCUT2D eigenvalue weighted by Gasteiger charge is -2.07. The second-order valence-electron chi connectivity index (χ2n) is 4.41. The number of methoxy groups -OCH3 is 1. The molecule has 2 N–H and O–H groups in total. The third kappa shape index (κ3) is 5.67. The van der Waals surface area contributed by atoms with Crippen LogP contribution in [-0.2, 0) is 9.53 Å². The Morgan fingerprint density at radius 3 is 2.81 bits per heavy atom. The summed E-state index contributed by atoms with van der Waals surface area (Å²) >= 11 is 0. The summed E-state index contributed by atoms with van der Waals surface area (Å²) in [6, 6.07) is 5.39. The van der Waals surface area contributed by atoms with Crippen LogP contribution >= 0.6 is 0 Å².